The number of hydrogen-bond acceptors (Lipinski definition) is 6. The fraction of sp³-hybridized carbons (Fsp3) is 0.481. The Labute approximate surface area is 220 Å². The van der Waals surface area contributed by atoms with Crippen LogP contribution in [0.5, 0.6) is 11.5 Å². The molecule has 2 aromatic rings. The predicted molar refractivity (Wildman–Crippen MR) is 145 cm³/mol. The quantitative estimate of drug-likeness (QED) is 0.398. The number of benzene rings is 2. The topological polar surface area (TPSA) is 105 Å². The molecule has 1 atom stereocenters. The standard InChI is InChI=1S/C27H39N3O6S/c1-7-25(27(32)28-20(2)3)29(19-21-10-8-11-24(18-21)36-5)26(31)12-9-17-30(37(6,33)34)22-13-15-23(35-4)16-14-22/h8,10-11,13-16,18,20,25H,7,9,12,17,19H2,1-6H3,(H,28,32)/t25-/m0/s1. The third kappa shape index (κ3) is 8.96. The molecule has 37 heavy (non-hydrogen) atoms. The van der Waals surface area contributed by atoms with Crippen molar-refractivity contribution in [1.82, 2.24) is 10.2 Å². The molecule has 2 aromatic carbocycles. The highest BCUT2D eigenvalue weighted by atomic mass is 32.2. The highest BCUT2D eigenvalue weighted by Crippen LogP contribution is 2.23. The minimum atomic E-state index is -3.57. The summed E-state index contributed by atoms with van der Waals surface area (Å²) >= 11 is 0. The van der Waals surface area contributed by atoms with Gasteiger partial charge in [-0.2, -0.15) is 0 Å². The van der Waals surface area contributed by atoms with Crippen molar-refractivity contribution in [2.45, 2.75) is 58.7 Å². The predicted octanol–water partition coefficient (Wildman–Crippen LogP) is 3.58. The number of carbonyl (C=O) groups excluding carboxylic acids is 2. The lowest BCUT2D eigenvalue weighted by Gasteiger charge is -2.31. The molecular weight excluding hydrogens is 494 g/mol. The fourth-order valence-corrected chi connectivity index (χ4v) is 4.99. The zero-order valence-corrected chi connectivity index (χ0v) is 23.4. The smallest absolute Gasteiger partial charge is 0.243 e. The number of nitrogens with zero attached hydrogens (tertiary/aromatic N) is 2. The Hall–Kier alpha value is -3.27. The summed E-state index contributed by atoms with van der Waals surface area (Å²) in [5.41, 5.74) is 1.33. The van der Waals surface area contributed by atoms with Crippen molar-refractivity contribution in [3.8, 4) is 11.5 Å². The Bertz CT molecular complexity index is 1140. The van der Waals surface area contributed by atoms with Gasteiger partial charge in [-0.15, -0.1) is 0 Å². The number of hydrogen-bond donors (Lipinski definition) is 1. The van der Waals surface area contributed by atoms with Crippen LogP contribution in [-0.4, -0.2) is 64.2 Å². The van der Waals surface area contributed by atoms with E-state index in [0.29, 0.717) is 23.6 Å². The van der Waals surface area contributed by atoms with Gasteiger partial charge in [0.15, 0.2) is 0 Å². The van der Waals surface area contributed by atoms with Crippen LogP contribution in [0.15, 0.2) is 48.5 Å². The summed E-state index contributed by atoms with van der Waals surface area (Å²) in [4.78, 5) is 28.0. The molecule has 0 aliphatic heterocycles. The van der Waals surface area contributed by atoms with E-state index in [9.17, 15) is 18.0 Å². The number of methoxy groups -OCH3 is 2. The van der Waals surface area contributed by atoms with E-state index in [1.807, 2.05) is 45.0 Å². The van der Waals surface area contributed by atoms with Crippen LogP contribution in [-0.2, 0) is 26.2 Å². The number of nitrogens with one attached hydrogen (secondary N) is 1. The third-order valence-electron chi connectivity index (χ3n) is 5.82. The molecule has 0 aromatic heterocycles. The molecule has 0 heterocycles. The fourth-order valence-electron chi connectivity index (χ4n) is 4.02. The van der Waals surface area contributed by atoms with Crippen LogP contribution in [0.25, 0.3) is 0 Å². The minimum absolute atomic E-state index is 0.0665. The molecule has 9 nitrogen and oxygen atoms in total. The number of anilines is 1. The highest BCUT2D eigenvalue weighted by Gasteiger charge is 2.29. The van der Waals surface area contributed by atoms with Gasteiger partial charge >= 0.3 is 0 Å². The Kier molecular flexibility index (Phi) is 11.2. The van der Waals surface area contributed by atoms with Crippen LogP contribution in [0, 0.1) is 0 Å². The van der Waals surface area contributed by atoms with Crippen molar-refractivity contribution in [3.05, 3.63) is 54.1 Å². The lowest BCUT2D eigenvalue weighted by Crippen LogP contribution is -2.50. The van der Waals surface area contributed by atoms with Crippen LogP contribution >= 0.6 is 0 Å². The molecule has 0 fully saturated rings. The van der Waals surface area contributed by atoms with Crippen LogP contribution in [0.1, 0.15) is 45.6 Å². The molecule has 0 radical (unpaired) electrons. The molecule has 2 amide bonds. The van der Waals surface area contributed by atoms with Gasteiger partial charge in [0.05, 0.1) is 26.2 Å². The summed E-state index contributed by atoms with van der Waals surface area (Å²) in [6, 6.07) is 13.4. The molecule has 0 saturated heterocycles. The zero-order chi connectivity index (χ0) is 27.6. The first kappa shape index (κ1) is 30.0. The van der Waals surface area contributed by atoms with Gasteiger partial charge in [-0.05, 0) is 68.7 Å². The summed E-state index contributed by atoms with van der Waals surface area (Å²) in [6.07, 6.45) is 1.94. The van der Waals surface area contributed by atoms with Crippen molar-refractivity contribution < 1.29 is 27.5 Å². The van der Waals surface area contributed by atoms with Gasteiger partial charge in [0.25, 0.3) is 0 Å². The number of ether oxygens (including phenoxy) is 2. The Morgan fingerprint density at radius 3 is 2.19 bits per heavy atom. The number of sulfonamides is 1. The maximum atomic E-state index is 13.5. The zero-order valence-electron chi connectivity index (χ0n) is 22.6. The van der Waals surface area contributed by atoms with Gasteiger partial charge in [0.1, 0.15) is 17.5 Å². The minimum Gasteiger partial charge on any atom is -0.497 e. The monoisotopic (exact) mass is 533 g/mol. The van der Waals surface area contributed by atoms with E-state index in [1.165, 1.54) is 11.4 Å². The molecular formula is C27H39N3O6S. The van der Waals surface area contributed by atoms with Crippen LogP contribution < -0.4 is 19.1 Å². The van der Waals surface area contributed by atoms with E-state index in [1.54, 1.807) is 36.3 Å². The molecule has 1 N–H and O–H groups in total. The second-order valence-electron chi connectivity index (χ2n) is 9.10. The SMILES string of the molecule is CC[C@@H](C(=O)NC(C)C)N(Cc1cccc(OC)c1)C(=O)CCCN(c1ccc(OC)cc1)S(C)(=O)=O. The van der Waals surface area contributed by atoms with Crippen molar-refractivity contribution >= 4 is 27.5 Å². The summed E-state index contributed by atoms with van der Waals surface area (Å²) in [7, 11) is -0.459. The average molecular weight is 534 g/mol. The molecule has 0 aliphatic rings. The van der Waals surface area contributed by atoms with Gasteiger partial charge in [-0.1, -0.05) is 19.1 Å². The number of amides is 2. The molecule has 204 valence electrons. The van der Waals surface area contributed by atoms with E-state index >= 15 is 0 Å². The van der Waals surface area contributed by atoms with Gasteiger partial charge < -0.3 is 19.7 Å². The van der Waals surface area contributed by atoms with Gasteiger partial charge in [-0.25, -0.2) is 8.42 Å². The van der Waals surface area contributed by atoms with E-state index in [-0.39, 0.29) is 43.8 Å². The van der Waals surface area contributed by atoms with Crippen LogP contribution in [0.4, 0.5) is 5.69 Å². The summed E-state index contributed by atoms with van der Waals surface area (Å²) in [5, 5.41) is 2.91. The van der Waals surface area contributed by atoms with E-state index in [0.717, 1.165) is 11.8 Å². The summed E-state index contributed by atoms with van der Waals surface area (Å²) in [6.45, 7) is 5.97. The Balaban J connectivity index is 2.23. The number of carbonyl (C=O) groups is 2. The van der Waals surface area contributed by atoms with Crippen LogP contribution in [0.2, 0.25) is 0 Å². The molecule has 10 heteroatoms. The molecule has 0 unspecified atom stereocenters. The molecule has 2 rings (SSSR count). The van der Waals surface area contributed by atoms with E-state index in [2.05, 4.69) is 5.32 Å². The number of rotatable bonds is 14. The summed E-state index contributed by atoms with van der Waals surface area (Å²) < 4.78 is 36.7. The lowest BCUT2D eigenvalue weighted by molar-refractivity contribution is -0.141. The molecule has 0 aliphatic carbocycles. The molecule has 0 saturated carbocycles. The van der Waals surface area contributed by atoms with Crippen molar-refractivity contribution in [2.24, 2.45) is 0 Å². The lowest BCUT2D eigenvalue weighted by atomic mass is 10.1. The second kappa shape index (κ2) is 13.9. The average Bonchev–Trinajstić information content (AvgIpc) is 2.85. The summed E-state index contributed by atoms with van der Waals surface area (Å²) in [5.74, 6) is 0.834. The first-order valence-corrected chi connectivity index (χ1v) is 14.2. The maximum absolute atomic E-state index is 13.5. The van der Waals surface area contributed by atoms with Crippen molar-refractivity contribution in [2.75, 3.05) is 31.3 Å². The first-order chi connectivity index (χ1) is 17.5. The Morgan fingerprint density at radius 2 is 1.65 bits per heavy atom. The Morgan fingerprint density at radius 1 is 1.00 bits per heavy atom. The molecule has 0 spiro atoms. The van der Waals surface area contributed by atoms with Gasteiger partial charge in [-0.3, -0.25) is 13.9 Å². The maximum Gasteiger partial charge on any atom is 0.243 e. The second-order valence-corrected chi connectivity index (χ2v) is 11.0. The van der Waals surface area contributed by atoms with E-state index < -0.39 is 16.1 Å². The largest absolute Gasteiger partial charge is 0.497 e. The van der Waals surface area contributed by atoms with Crippen molar-refractivity contribution in [3.63, 3.8) is 0 Å². The third-order valence-corrected chi connectivity index (χ3v) is 7.01. The van der Waals surface area contributed by atoms with Crippen molar-refractivity contribution in [1.29, 1.82) is 0 Å². The van der Waals surface area contributed by atoms with E-state index in [4.69, 9.17) is 9.47 Å². The molecule has 0 bridgehead atoms. The van der Waals surface area contributed by atoms with Gasteiger partial charge in [0, 0.05) is 25.6 Å². The first-order valence-electron chi connectivity index (χ1n) is 12.3. The van der Waals surface area contributed by atoms with Crippen LogP contribution in [0.3, 0.4) is 0 Å². The normalized spacial score (nSPS) is 12.1. The highest BCUT2D eigenvalue weighted by molar-refractivity contribution is 7.92. The van der Waals surface area contributed by atoms with Gasteiger partial charge in [0.2, 0.25) is 21.8 Å².